The Morgan fingerprint density at radius 2 is 1.95 bits per heavy atom. The minimum atomic E-state index is 0.208. The number of rotatable bonds is 6. The fourth-order valence-corrected chi connectivity index (χ4v) is 3.77. The first-order chi connectivity index (χ1) is 9.69. The van der Waals surface area contributed by atoms with Crippen LogP contribution < -0.4 is 5.32 Å². The molecule has 1 N–H and O–H groups in total. The molecule has 1 heterocycles. The van der Waals surface area contributed by atoms with Gasteiger partial charge in [0.2, 0.25) is 0 Å². The van der Waals surface area contributed by atoms with Crippen LogP contribution in [0.15, 0.2) is 29.2 Å². The molecular weight excluding hydrogens is 284 g/mol. The lowest BCUT2D eigenvalue weighted by atomic mass is 10.1. The van der Waals surface area contributed by atoms with Gasteiger partial charge in [0, 0.05) is 9.77 Å². The molecule has 2 nitrogen and oxygen atoms in total. The summed E-state index contributed by atoms with van der Waals surface area (Å²) >= 11 is 3.59. The standard InChI is InChI=1S/C16H22N2S2/c1-5-14-11(3)20-16(18-14)15(17-6-2)12-7-9-13(19-4)10-8-12/h7-10,15,17H,5-6H2,1-4H3. The molecule has 1 atom stereocenters. The molecule has 2 rings (SSSR count). The molecular formula is C16H22N2S2. The van der Waals surface area contributed by atoms with Crippen molar-refractivity contribution in [1.29, 1.82) is 0 Å². The van der Waals surface area contributed by atoms with Crippen LogP contribution in [0.1, 0.15) is 41.0 Å². The number of benzene rings is 1. The number of thioether (sulfide) groups is 1. The van der Waals surface area contributed by atoms with E-state index in [1.807, 2.05) is 11.3 Å². The molecule has 0 saturated heterocycles. The van der Waals surface area contributed by atoms with Gasteiger partial charge in [0.05, 0.1) is 11.7 Å². The van der Waals surface area contributed by atoms with Crippen LogP contribution in [-0.2, 0) is 6.42 Å². The van der Waals surface area contributed by atoms with E-state index in [0.717, 1.165) is 13.0 Å². The molecule has 2 aromatic rings. The Balaban J connectivity index is 2.33. The highest BCUT2D eigenvalue weighted by atomic mass is 32.2. The molecule has 0 bridgehead atoms. The first kappa shape index (κ1) is 15.5. The second-order valence-corrected chi connectivity index (χ2v) is 6.79. The average molecular weight is 306 g/mol. The van der Waals surface area contributed by atoms with Gasteiger partial charge in [0.1, 0.15) is 5.01 Å². The van der Waals surface area contributed by atoms with Crippen molar-refractivity contribution in [2.75, 3.05) is 12.8 Å². The van der Waals surface area contributed by atoms with Crippen LogP contribution in [0, 0.1) is 6.92 Å². The van der Waals surface area contributed by atoms with Gasteiger partial charge in [-0.3, -0.25) is 0 Å². The molecule has 0 amide bonds. The average Bonchev–Trinajstić information content (AvgIpc) is 2.85. The highest BCUT2D eigenvalue weighted by Gasteiger charge is 2.18. The first-order valence-electron chi connectivity index (χ1n) is 7.03. The number of hydrogen-bond acceptors (Lipinski definition) is 4. The summed E-state index contributed by atoms with van der Waals surface area (Å²) in [7, 11) is 0. The molecule has 0 aliphatic rings. The molecule has 0 radical (unpaired) electrons. The van der Waals surface area contributed by atoms with Gasteiger partial charge in [0.15, 0.2) is 0 Å². The summed E-state index contributed by atoms with van der Waals surface area (Å²) in [5, 5.41) is 4.74. The lowest BCUT2D eigenvalue weighted by Gasteiger charge is -2.16. The summed E-state index contributed by atoms with van der Waals surface area (Å²) in [5.41, 5.74) is 2.52. The second-order valence-electron chi connectivity index (χ2n) is 4.67. The lowest BCUT2D eigenvalue weighted by Crippen LogP contribution is -2.21. The smallest absolute Gasteiger partial charge is 0.115 e. The van der Waals surface area contributed by atoms with Crippen molar-refractivity contribution in [2.45, 2.75) is 38.1 Å². The number of aromatic nitrogens is 1. The van der Waals surface area contributed by atoms with E-state index in [0.29, 0.717) is 0 Å². The number of hydrogen-bond donors (Lipinski definition) is 1. The SMILES string of the molecule is CCNC(c1ccc(SC)cc1)c1nc(CC)c(C)s1. The van der Waals surface area contributed by atoms with Crippen LogP contribution in [0.2, 0.25) is 0 Å². The summed E-state index contributed by atoms with van der Waals surface area (Å²) in [6.07, 6.45) is 3.11. The van der Waals surface area contributed by atoms with Crippen molar-refractivity contribution < 1.29 is 0 Å². The predicted molar refractivity (Wildman–Crippen MR) is 90.0 cm³/mol. The molecule has 0 fully saturated rings. The summed E-state index contributed by atoms with van der Waals surface area (Å²) < 4.78 is 0. The number of thiazole rings is 1. The summed E-state index contributed by atoms with van der Waals surface area (Å²) in [5.74, 6) is 0. The monoisotopic (exact) mass is 306 g/mol. The van der Waals surface area contributed by atoms with Gasteiger partial charge < -0.3 is 5.32 Å². The van der Waals surface area contributed by atoms with Crippen molar-refractivity contribution >= 4 is 23.1 Å². The predicted octanol–water partition coefficient (Wildman–Crippen LogP) is 4.43. The molecule has 1 aromatic heterocycles. The molecule has 0 saturated carbocycles. The molecule has 0 aliphatic carbocycles. The van der Waals surface area contributed by atoms with Crippen LogP contribution in [0.4, 0.5) is 0 Å². The van der Waals surface area contributed by atoms with Gasteiger partial charge in [-0.25, -0.2) is 4.98 Å². The van der Waals surface area contributed by atoms with Gasteiger partial charge >= 0.3 is 0 Å². The summed E-state index contributed by atoms with van der Waals surface area (Å²) in [4.78, 5) is 7.46. The second kappa shape index (κ2) is 7.25. The van der Waals surface area contributed by atoms with Crippen molar-refractivity contribution in [3.05, 3.63) is 45.4 Å². The molecule has 1 aromatic carbocycles. The third-order valence-electron chi connectivity index (χ3n) is 3.35. The van der Waals surface area contributed by atoms with Crippen molar-refractivity contribution in [2.24, 2.45) is 0 Å². The Labute approximate surface area is 130 Å². The minimum absolute atomic E-state index is 0.208. The molecule has 4 heteroatoms. The maximum atomic E-state index is 4.82. The van der Waals surface area contributed by atoms with Gasteiger partial charge in [-0.2, -0.15) is 0 Å². The normalized spacial score (nSPS) is 12.6. The first-order valence-corrected chi connectivity index (χ1v) is 9.07. The highest BCUT2D eigenvalue weighted by Crippen LogP contribution is 2.29. The summed E-state index contributed by atoms with van der Waals surface area (Å²) in [6, 6.07) is 9.00. The van der Waals surface area contributed by atoms with E-state index in [1.165, 1.54) is 26.0 Å². The van der Waals surface area contributed by atoms with E-state index in [1.54, 1.807) is 11.8 Å². The molecule has 0 spiro atoms. The van der Waals surface area contributed by atoms with Crippen LogP contribution in [0.3, 0.4) is 0 Å². The van der Waals surface area contributed by atoms with Crippen molar-refractivity contribution in [3.63, 3.8) is 0 Å². The Morgan fingerprint density at radius 3 is 2.45 bits per heavy atom. The van der Waals surface area contributed by atoms with Gasteiger partial charge in [-0.15, -0.1) is 23.1 Å². The zero-order valence-corrected chi connectivity index (χ0v) is 14.2. The minimum Gasteiger partial charge on any atom is -0.305 e. The third-order valence-corrected chi connectivity index (χ3v) is 5.17. The lowest BCUT2D eigenvalue weighted by molar-refractivity contribution is 0.625. The fourth-order valence-electron chi connectivity index (χ4n) is 2.25. The number of nitrogens with zero attached hydrogens (tertiary/aromatic N) is 1. The van der Waals surface area contributed by atoms with Gasteiger partial charge in [-0.1, -0.05) is 26.0 Å². The van der Waals surface area contributed by atoms with E-state index in [-0.39, 0.29) is 6.04 Å². The topological polar surface area (TPSA) is 24.9 Å². The zero-order chi connectivity index (χ0) is 14.5. The largest absolute Gasteiger partial charge is 0.305 e. The Bertz CT molecular complexity index is 546. The van der Waals surface area contributed by atoms with Gasteiger partial charge in [0.25, 0.3) is 0 Å². The third kappa shape index (κ3) is 3.43. The molecule has 20 heavy (non-hydrogen) atoms. The van der Waals surface area contributed by atoms with E-state index in [2.05, 4.69) is 56.6 Å². The van der Waals surface area contributed by atoms with E-state index < -0.39 is 0 Å². The number of nitrogens with one attached hydrogen (secondary N) is 1. The molecule has 0 aliphatic heterocycles. The van der Waals surface area contributed by atoms with Crippen LogP contribution in [-0.4, -0.2) is 17.8 Å². The maximum absolute atomic E-state index is 4.82. The quantitative estimate of drug-likeness (QED) is 0.799. The van der Waals surface area contributed by atoms with Crippen LogP contribution in [0.25, 0.3) is 0 Å². The van der Waals surface area contributed by atoms with Crippen LogP contribution >= 0.6 is 23.1 Å². The molecule has 108 valence electrons. The fraction of sp³-hybridized carbons (Fsp3) is 0.438. The van der Waals surface area contributed by atoms with Gasteiger partial charge in [-0.05, 0) is 43.8 Å². The van der Waals surface area contributed by atoms with Crippen LogP contribution in [0.5, 0.6) is 0 Å². The zero-order valence-electron chi connectivity index (χ0n) is 12.6. The molecule has 1 unspecified atom stereocenters. The van der Waals surface area contributed by atoms with Crippen molar-refractivity contribution in [1.82, 2.24) is 10.3 Å². The maximum Gasteiger partial charge on any atom is 0.115 e. The van der Waals surface area contributed by atoms with E-state index in [4.69, 9.17) is 4.98 Å². The van der Waals surface area contributed by atoms with E-state index in [9.17, 15) is 0 Å². The Hall–Kier alpha value is -0.840. The Kier molecular flexibility index (Phi) is 5.64. The summed E-state index contributed by atoms with van der Waals surface area (Å²) in [6.45, 7) is 7.42. The van der Waals surface area contributed by atoms with Crippen molar-refractivity contribution in [3.8, 4) is 0 Å². The number of aryl methyl sites for hydroxylation is 2. The highest BCUT2D eigenvalue weighted by molar-refractivity contribution is 7.98. The van der Waals surface area contributed by atoms with E-state index >= 15 is 0 Å². The Morgan fingerprint density at radius 1 is 1.25 bits per heavy atom.